The lowest BCUT2D eigenvalue weighted by atomic mass is 10.3. The summed E-state index contributed by atoms with van der Waals surface area (Å²) in [5.74, 6) is 1.08. The number of pyridine rings is 1. The number of morpholine rings is 1. The van der Waals surface area contributed by atoms with E-state index in [-0.39, 0.29) is 5.95 Å². The van der Waals surface area contributed by atoms with Gasteiger partial charge in [-0.3, -0.25) is 5.10 Å². The molecule has 0 bridgehead atoms. The van der Waals surface area contributed by atoms with Crippen molar-refractivity contribution in [2.45, 2.75) is 0 Å². The molecule has 0 radical (unpaired) electrons. The number of hydrogen-bond acceptors (Lipinski definition) is 7. The highest BCUT2D eigenvalue weighted by Gasteiger charge is 2.22. The first kappa shape index (κ1) is 18.9. The maximum atomic E-state index is 13.2. The summed E-state index contributed by atoms with van der Waals surface area (Å²) in [7, 11) is 0. The number of fused-ring (bicyclic) bond motifs is 1. The maximum Gasteiger partial charge on any atom is 0.333 e. The van der Waals surface area contributed by atoms with Gasteiger partial charge in [0.25, 0.3) is 0 Å². The molecule has 0 saturated carbocycles. The van der Waals surface area contributed by atoms with Crippen molar-refractivity contribution in [3.05, 3.63) is 61.1 Å². The van der Waals surface area contributed by atoms with E-state index in [1.807, 2.05) is 42.5 Å². The van der Waals surface area contributed by atoms with Crippen molar-refractivity contribution in [2.24, 2.45) is 0 Å². The van der Waals surface area contributed by atoms with Crippen LogP contribution in [-0.2, 0) is 4.74 Å². The molecule has 1 aromatic carbocycles. The van der Waals surface area contributed by atoms with Gasteiger partial charge in [0.2, 0.25) is 5.95 Å². The fraction of sp³-hybridized carbons (Fsp3) is 0.190. The largest absolute Gasteiger partial charge is 0.378 e. The van der Waals surface area contributed by atoms with Crippen molar-refractivity contribution < 1.29 is 9.53 Å². The van der Waals surface area contributed by atoms with Crippen LogP contribution in [0.4, 0.5) is 27.9 Å². The monoisotopic (exact) mass is 416 g/mol. The van der Waals surface area contributed by atoms with E-state index in [4.69, 9.17) is 4.74 Å². The van der Waals surface area contributed by atoms with Gasteiger partial charge in [-0.25, -0.2) is 19.7 Å². The van der Waals surface area contributed by atoms with E-state index in [2.05, 4.69) is 35.4 Å². The van der Waals surface area contributed by atoms with E-state index in [0.717, 1.165) is 24.3 Å². The van der Waals surface area contributed by atoms with Gasteiger partial charge in [0.1, 0.15) is 5.82 Å². The molecule has 0 atom stereocenters. The minimum Gasteiger partial charge on any atom is -0.378 e. The highest BCUT2D eigenvalue weighted by molar-refractivity contribution is 6.06. The fourth-order valence-electron chi connectivity index (χ4n) is 3.35. The number of amides is 2. The Morgan fingerprint density at radius 2 is 1.90 bits per heavy atom. The van der Waals surface area contributed by atoms with E-state index in [1.165, 1.54) is 4.90 Å². The van der Waals surface area contributed by atoms with Gasteiger partial charge in [0.15, 0.2) is 5.65 Å². The number of nitrogens with zero attached hydrogens (tertiary/aromatic N) is 6. The van der Waals surface area contributed by atoms with E-state index in [1.54, 1.807) is 18.6 Å². The quantitative estimate of drug-likeness (QED) is 0.526. The molecular formula is C21H20N8O2. The predicted molar refractivity (Wildman–Crippen MR) is 117 cm³/mol. The lowest BCUT2D eigenvalue weighted by Crippen LogP contribution is -2.36. The topological polar surface area (TPSA) is 112 Å². The highest BCUT2D eigenvalue weighted by atomic mass is 16.5. The molecule has 4 aromatic rings. The van der Waals surface area contributed by atoms with Crippen molar-refractivity contribution in [3.63, 3.8) is 0 Å². The molecule has 1 saturated heterocycles. The van der Waals surface area contributed by atoms with Crippen LogP contribution in [-0.4, -0.2) is 57.5 Å². The third-order valence-electron chi connectivity index (χ3n) is 4.93. The van der Waals surface area contributed by atoms with E-state index < -0.39 is 6.03 Å². The Bertz CT molecular complexity index is 1170. The Hall–Kier alpha value is -4.05. The number of hydrogen-bond donors (Lipinski definition) is 2. The number of rotatable bonds is 4. The number of aromatic amines is 1. The smallest absolute Gasteiger partial charge is 0.333 e. The summed E-state index contributed by atoms with van der Waals surface area (Å²) < 4.78 is 5.38. The second kappa shape index (κ2) is 8.36. The van der Waals surface area contributed by atoms with Crippen LogP contribution >= 0.6 is 0 Å². The van der Waals surface area contributed by atoms with Gasteiger partial charge in [-0.05, 0) is 24.3 Å². The first-order chi connectivity index (χ1) is 15.3. The number of benzene rings is 1. The molecule has 10 heteroatoms. The maximum absolute atomic E-state index is 13.2. The molecule has 2 N–H and O–H groups in total. The molecule has 1 fully saturated rings. The number of para-hydroxylation sites is 1. The SMILES string of the molecule is O=C(Nc1ccc(N2CCOCC2)nc1)N(c1ccccc1)c1ncc2c[nH]nc2n1. The zero-order chi connectivity index (χ0) is 21.0. The van der Waals surface area contributed by atoms with Crippen LogP contribution in [0.5, 0.6) is 0 Å². The number of H-pyrrole nitrogens is 1. The normalized spacial score (nSPS) is 13.9. The van der Waals surface area contributed by atoms with Gasteiger partial charge < -0.3 is 15.0 Å². The zero-order valence-electron chi connectivity index (χ0n) is 16.6. The summed E-state index contributed by atoms with van der Waals surface area (Å²) in [5.41, 5.74) is 1.69. The van der Waals surface area contributed by atoms with Crippen LogP contribution in [0.2, 0.25) is 0 Å². The van der Waals surface area contributed by atoms with Crippen molar-refractivity contribution in [2.75, 3.05) is 41.4 Å². The van der Waals surface area contributed by atoms with Gasteiger partial charge in [-0.2, -0.15) is 10.1 Å². The highest BCUT2D eigenvalue weighted by Crippen LogP contribution is 2.24. The zero-order valence-corrected chi connectivity index (χ0v) is 16.6. The molecule has 0 aliphatic carbocycles. The molecule has 5 rings (SSSR count). The van der Waals surface area contributed by atoms with Crippen molar-refractivity contribution in [1.82, 2.24) is 25.1 Å². The summed E-state index contributed by atoms with van der Waals surface area (Å²) in [5, 5.41) is 10.5. The summed E-state index contributed by atoms with van der Waals surface area (Å²) >= 11 is 0. The van der Waals surface area contributed by atoms with Crippen LogP contribution in [0.15, 0.2) is 61.1 Å². The van der Waals surface area contributed by atoms with Crippen LogP contribution in [0.25, 0.3) is 11.0 Å². The first-order valence-corrected chi connectivity index (χ1v) is 9.89. The molecule has 2 amide bonds. The number of anilines is 4. The Labute approximate surface area is 177 Å². The van der Waals surface area contributed by atoms with E-state index >= 15 is 0 Å². The molecule has 3 aromatic heterocycles. The minimum atomic E-state index is -0.401. The second-order valence-corrected chi connectivity index (χ2v) is 6.94. The van der Waals surface area contributed by atoms with Gasteiger partial charge in [-0.1, -0.05) is 18.2 Å². The van der Waals surface area contributed by atoms with Gasteiger partial charge >= 0.3 is 6.03 Å². The fourth-order valence-corrected chi connectivity index (χ4v) is 3.35. The van der Waals surface area contributed by atoms with E-state index in [0.29, 0.717) is 30.2 Å². The van der Waals surface area contributed by atoms with Crippen molar-refractivity contribution in [3.8, 4) is 0 Å². The Balaban J connectivity index is 1.40. The van der Waals surface area contributed by atoms with Crippen LogP contribution < -0.4 is 15.1 Å². The molecule has 0 unspecified atom stereocenters. The summed E-state index contributed by atoms with van der Waals surface area (Å²) in [6.07, 6.45) is 4.97. The summed E-state index contributed by atoms with van der Waals surface area (Å²) in [6, 6.07) is 12.5. The van der Waals surface area contributed by atoms with Crippen molar-refractivity contribution in [1.29, 1.82) is 0 Å². The van der Waals surface area contributed by atoms with Crippen LogP contribution in [0.1, 0.15) is 0 Å². The molecule has 1 aliphatic heterocycles. The lowest BCUT2D eigenvalue weighted by molar-refractivity contribution is 0.122. The number of carbonyl (C=O) groups excluding carboxylic acids is 1. The molecule has 0 spiro atoms. The molecular weight excluding hydrogens is 396 g/mol. The number of nitrogens with one attached hydrogen (secondary N) is 2. The molecule has 156 valence electrons. The summed E-state index contributed by atoms with van der Waals surface area (Å²) in [4.78, 5) is 30.1. The van der Waals surface area contributed by atoms with E-state index in [9.17, 15) is 4.79 Å². The average Bonchev–Trinajstić information content (AvgIpc) is 3.29. The average molecular weight is 416 g/mol. The molecule has 4 heterocycles. The van der Waals surface area contributed by atoms with Gasteiger partial charge in [0.05, 0.1) is 36.2 Å². The Morgan fingerprint density at radius 1 is 1.06 bits per heavy atom. The number of carbonyl (C=O) groups is 1. The summed E-state index contributed by atoms with van der Waals surface area (Å²) in [6.45, 7) is 2.97. The third-order valence-corrected chi connectivity index (χ3v) is 4.93. The number of urea groups is 1. The predicted octanol–water partition coefficient (Wildman–Crippen LogP) is 2.95. The Morgan fingerprint density at radius 3 is 2.68 bits per heavy atom. The van der Waals surface area contributed by atoms with Crippen LogP contribution in [0, 0.1) is 0 Å². The minimum absolute atomic E-state index is 0.223. The van der Waals surface area contributed by atoms with Gasteiger partial charge in [0, 0.05) is 25.5 Å². The molecule has 1 aliphatic rings. The second-order valence-electron chi connectivity index (χ2n) is 6.94. The standard InChI is InChI=1S/C21H20N8O2/c30-21(25-16-6-7-18(22-14-16)28-8-10-31-11-9-28)29(17-4-2-1-3-5-17)20-23-12-15-13-24-27-19(15)26-20/h1-7,12-14H,8-11H2,(H,25,30)(H,23,24,26,27). The number of ether oxygens (including phenoxy) is 1. The Kier molecular flexibility index (Phi) is 5.11. The molecule has 10 nitrogen and oxygen atoms in total. The molecule has 31 heavy (non-hydrogen) atoms. The van der Waals surface area contributed by atoms with Crippen molar-refractivity contribution >= 4 is 40.2 Å². The van der Waals surface area contributed by atoms with Crippen LogP contribution in [0.3, 0.4) is 0 Å². The first-order valence-electron chi connectivity index (χ1n) is 9.89. The number of aromatic nitrogens is 5. The van der Waals surface area contributed by atoms with Gasteiger partial charge in [-0.15, -0.1) is 0 Å². The third kappa shape index (κ3) is 4.01. The lowest BCUT2D eigenvalue weighted by Gasteiger charge is -2.27.